The summed E-state index contributed by atoms with van der Waals surface area (Å²) in [5.74, 6) is -1.94. The molecule has 0 heterocycles. The van der Waals surface area contributed by atoms with Crippen LogP contribution in [0, 0.1) is 0 Å². The number of hydrogen-bond acceptors (Lipinski definition) is 3. The number of primary amides is 1. The minimum Gasteiger partial charge on any atom is -0.361 e. The van der Waals surface area contributed by atoms with Crippen LogP contribution >= 0.6 is 0 Å². The smallest absolute Gasteiger partial charge is 0.329 e. The highest BCUT2D eigenvalue weighted by Gasteiger charge is 2.08. The maximum absolute atomic E-state index is 11.1. The first kappa shape index (κ1) is 13.9. The molecule has 1 rings (SSSR count). The van der Waals surface area contributed by atoms with Crippen LogP contribution in [0.4, 0.5) is 0 Å². The minimum absolute atomic E-state index is 0.736. The first-order valence-electron chi connectivity index (χ1n) is 5.87. The van der Waals surface area contributed by atoms with Crippen LogP contribution in [0.2, 0.25) is 0 Å². The van der Waals surface area contributed by atoms with E-state index in [2.05, 4.69) is 17.5 Å². The third-order valence-electron chi connectivity index (χ3n) is 2.39. The number of hydrazone groups is 1. The van der Waals surface area contributed by atoms with Crippen LogP contribution in [0.3, 0.4) is 0 Å². The Morgan fingerprint density at radius 1 is 1.28 bits per heavy atom. The van der Waals surface area contributed by atoms with Crippen molar-refractivity contribution in [3.8, 4) is 0 Å². The van der Waals surface area contributed by atoms with Crippen LogP contribution in [0.5, 0.6) is 0 Å². The number of amides is 2. The molecule has 18 heavy (non-hydrogen) atoms. The number of carbonyl (C=O) groups is 2. The quantitative estimate of drug-likeness (QED) is 0.465. The summed E-state index contributed by atoms with van der Waals surface area (Å²) < 4.78 is 0. The van der Waals surface area contributed by atoms with Gasteiger partial charge in [-0.1, -0.05) is 43.7 Å². The summed E-state index contributed by atoms with van der Waals surface area (Å²) >= 11 is 0. The van der Waals surface area contributed by atoms with E-state index < -0.39 is 11.8 Å². The van der Waals surface area contributed by atoms with Crippen molar-refractivity contribution in [3.63, 3.8) is 0 Å². The third kappa shape index (κ3) is 4.37. The molecule has 0 aliphatic rings. The summed E-state index contributed by atoms with van der Waals surface area (Å²) in [6.07, 6.45) is 2.72. The molecule has 0 atom stereocenters. The first-order chi connectivity index (χ1) is 8.65. The number of rotatable bonds is 5. The molecule has 96 valence electrons. The minimum atomic E-state index is -1.04. The highest BCUT2D eigenvalue weighted by Crippen LogP contribution is 2.07. The van der Waals surface area contributed by atoms with Gasteiger partial charge in [-0.3, -0.25) is 9.59 Å². The highest BCUT2D eigenvalue weighted by atomic mass is 16.2. The zero-order valence-corrected chi connectivity index (χ0v) is 10.3. The first-order valence-corrected chi connectivity index (χ1v) is 5.87. The molecule has 0 bridgehead atoms. The molecule has 0 fully saturated rings. The third-order valence-corrected chi connectivity index (χ3v) is 2.39. The molecule has 1 aromatic rings. The molecule has 0 aliphatic heterocycles. The Balaban J connectivity index is 2.81. The van der Waals surface area contributed by atoms with Crippen molar-refractivity contribution in [1.29, 1.82) is 0 Å². The van der Waals surface area contributed by atoms with E-state index in [9.17, 15) is 9.59 Å². The number of nitrogens with two attached hydrogens (primary N) is 1. The average molecular weight is 247 g/mol. The van der Waals surface area contributed by atoms with Gasteiger partial charge in [-0.05, 0) is 18.4 Å². The molecular formula is C13H17N3O2. The molecule has 0 spiro atoms. The van der Waals surface area contributed by atoms with Gasteiger partial charge in [-0.15, -0.1) is 0 Å². The number of hydrogen-bond donors (Lipinski definition) is 2. The molecule has 2 amide bonds. The highest BCUT2D eigenvalue weighted by molar-refractivity contribution is 6.34. The topological polar surface area (TPSA) is 84.6 Å². The van der Waals surface area contributed by atoms with E-state index in [0.29, 0.717) is 0 Å². The molecule has 5 heteroatoms. The van der Waals surface area contributed by atoms with E-state index in [4.69, 9.17) is 5.73 Å². The lowest BCUT2D eigenvalue weighted by molar-refractivity contribution is -0.137. The van der Waals surface area contributed by atoms with Crippen LogP contribution < -0.4 is 11.2 Å². The van der Waals surface area contributed by atoms with E-state index in [0.717, 1.165) is 30.5 Å². The predicted molar refractivity (Wildman–Crippen MR) is 69.8 cm³/mol. The fourth-order valence-corrected chi connectivity index (χ4v) is 1.41. The summed E-state index contributed by atoms with van der Waals surface area (Å²) in [5.41, 5.74) is 8.67. The zero-order valence-electron chi connectivity index (χ0n) is 10.3. The Labute approximate surface area is 106 Å². The van der Waals surface area contributed by atoms with Crippen LogP contribution in [-0.2, 0) is 9.59 Å². The van der Waals surface area contributed by atoms with Gasteiger partial charge in [0.2, 0.25) is 0 Å². The fourth-order valence-electron chi connectivity index (χ4n) is 1.41. The van der Waals surface area contributed by atoms with E-state index >= 15 is 0 Å². The van der Waals surface area contributed by atoms with Crippen LogP contribution in [0.25, 0.3) is 0 Å². The second-order valence-corrected chi connectivity index (χ2v) is 3.83. The Kier molecular flexibility index (Phi) is 5.57. The predicted octanol–water partition coefficient (Wildman–Crippen LogP) is 1.18. The van der Waals surface area contributed by atoms with Crippen LogP contribution in [0.1, 0.15) is 31.7 Å². The van der Waals surface area contributed by atoms with Crippen molar-refractivity contribution in [2.24, 2.45) is 10.8 Å². The average Bonchev–Trinajstić information content (AvgIpc) is 2.39. The van der Waals surface area contributed by atoms with Gasteiger partial charge in [0.05, 0.1) is 5.71 Å². The number of benzene rings is 1. The van der Waals surface area contributed by atoms with Gasteiger partial charge in [-0.2, -0.15) is 5.10 Å². The van der Waals surface area contributed by atoms with Gasteiger partial charge < -0.3 is 5.73 Å². The SMILES string of the molecule is CCCCC(=NNC(=O)C(N)=O)c1ccccc1. The molecule has 3 N–H and O–H groups in total. The summed E-state index contributed by atoms with van der Waals surface area (Å²) in [4.78, 5) is 21.7. The normalized spacial score (nSPS) is 11.1. The molecule has 1 aromatic carbocycles. The molecule has 0 radical (unpaired) electrons. The van der Waals surface area contributed by atoms with Gasteiger partial charge in [0, 0.05) is 0 Å². The Morgan fingerprint density at radius 2 is 1.94 bits per heavy atom. The van der Waals surface area contributed by atoms with Crippen molar-refractivity contribution in [1.82, 2.24) is 5.43 Å². The number of carbonyl (C=O) groups excluding carboxylic acids is 2. The largest absolute Gasteiger partial charge is 0.361 e. The number of unbranched alkanes of at least 4 members (excludes halogenated alkanes) is 1. The van der Waals surface area contributed by atoms with Gasteiger partial charge in [0.15, 0.2) is 0 Å². The second kappa shape index (κ2) is 7.21. The van der Waals surface area contributed by atoms with Crippen LogP contribution in [-0.4, -0.2) is 17.5 Å². The summed E-state index contributed by atoms with van der Waals surface area (Å²) in [5, 5.41) is 3.97. The monoisotopic (exact) mass is 247 g/mol. The molecule has 0 aromatic heterocycles. The number of nitrogens with zero attached hydrogens (tertiary/aromatic N) is 1. The van der Waals surface area contributed by atoms with Gasteiger partial charge >= 0.3 is 11.8 Å². The molecule has 5 nitrogen and oxygen atoms in total. The molecule has 0 saturated heterocycles. The fraction of sp³-hybridized carbons (Fsp3) is 0.308. The molecular weight excluding hydrogens is 230 g/mol. The summed E-state index contributed by atoms with van der Waals surface area (Å²) in [7, 11) is 0. The maximum Gasteiger partial charge on any atom is 0.329 e. The lowest BCUT2D eigenvalue weighted by Gasteiger charge is -2.06. The lowest BCUT2D eigenvalue weighted by Crippen LogP contribution is -2.33. The second-order valence-electron chi connectivity index (χ2n) is 3.83. The van der Waals surface area contributed by atoms with Crippen molar-refractivity contribution in [2.75, 3.05) is 0 Å². The van der Waals surface area contributed by atoms with Gasteiger partial charge in [0.25, 0.3) is 0 Å². The van der Waals surface area contributed by atoms with Gasteiger partial charge in [0.1, 0.15) is 0 Å². The molecule has 0 unspecified atom stereocenters. The summed E-state index contributed by atoms with van der Waals surface area (Å²) in [6.45, 7) is 2.07. The van der Waals surface area contributed by atoms with Gasteiger partial charge in [-0.25, -0.2) is 5.43 Å². The zero-order chi connectivity index (χ0) is 13.4. The molecule has 0 saturated carbocycles. The molecule has 0 aliphatic carbocycles. The van der Waals surface area contributed by atoms with Crippen molar-refractivity contribution in [2.45, 2.75) is 26.2 Å². The Morgan fingerprint density at radius 3 is 2.50 bits per heavy atom. The Hall–Kier alpha value is -2.17. The Bertz CT molecular complexity index is 441. The van der Waals surface area contributed by atoms with Crippen molar-refractivity contribution in [3.05, 3.63) is 35.9 Å². The maximum atomic E-state index is 11.1. The standard InChI is InChI=1S/C13H17N3O2/c1-2-3-9-11(10-7-5-4-6-8-10)15-16-13(18)12(14)17/h4-8H,2-3,9H2,1H3,(H2,14,17)(H,16,18). The number of nitrogens with one attached hydrogen (secondary N) is 1. The van der Waals surface area contributed by atoms with Crippen molar-refractivity contribution < 1.29 is 9.59 Å². The van der Waals surface area contributed by atoms with E-state index in [-0.39, 0.29) is 0 Å². The van der Waals surface area contributed by atoms with E-state index in [1.165, 1.54) is 0 Å². The van der Waals surface area contributed by atoms with Crippen LogP contribution in [0.15, 0.2) is 35.4 Å². The summed E-state index contributed by atoms with van der Waals surface area (Å²) in [6, 6.07) is 9.51. The van der Waals surface area contributed by atoms with E-state index in [1.54, 1.807) is 0 Å². The van der Waals surface area contributed by atoms with E-state index in [1.807, 2.05) is 30.3 Å². The lowest BCUT2D eigenvalue weighted by atomic mass is 10.1. The van der Waals surface area contributed by atoms with Crippen molar-refractivity contribution >= 4 is 17.5 Å².